The minimum absolute atomic E-state index is 0.00235. The number of rotatable bonds is 7. The fourth-order valence-electron chi connectivity index (χ4n) is 5.19. The molecule has 3 aliphatic rings. The van der Waals surface area contributed by atoms with Crippen LogP contribution in [0.5, 0.6) is 5.75 Å². The van der Waals surface area contributed by atoms with Crippen LogP contribution >= 0.6 is 0 Å². The van der Waals surface area contributed by atoms with E-state index in [1.54, 1.807) is 6.08 Å². The maximum absolute atomic E-state index is 13.5. The molecular weight excluding hydrogens is 376 g/mol. The molecule has 0 atom stereocenters. The summed E-state index contributed by atoms with van der Waals surface area (Å²) in [6, 6.07) is 11.7. The maximum Gasteiger partial charge on any atom is 0.231 e. The van der Waals surface area contributed by atoms with Crippen LogP contribution in [0, 0.1) is 10.8 Å². The summed E-state index contributed by atoms with van der Waals surface area (Å²) in [6.45, 7) is 5.82. The van der Waals surface area contributed by atoms with Gasteiger partial charge in [-0.2, -0.15) is 0 Å². The lowest BCUT2D eigenvalue weighted by molar-refractivity contribution is -0.143. The molecule has 5 nitrogen and oxygen atoms in total. The van der Waals surface area contributed by atoms with E-state index < -0.39 is 10.8 Å². The summed E-state index contributed by atoms with van der Waals surface area (Å²) in [4.78, 5) is 28.7. The van der Waals surface area contributed by atoms with E-state index in [4.69, 9.17) is 4.74 Å². The molecule has 1 saturated heterocycles. The minimum Gasteiger partial charge on any atom is -0.489 e. The fraction of sp³-hybridized carbons (Fsp3) is 0.440. The van der Waals surface area contributed by atoms with Crippen LogP contribution in [0.2, 0.25) is 0 Å². The average Bonchev–Trinajstić information content (AvgIpc) is 3.69. The van der Waals surface area contributed by atoms with E-state index in [0.717, 1.165) is 73.8 Å². The number of nitrogens with one attached hydrogen (secondary N) is 1. The third-order valence-electron chi connectivity index (χ3n) is 7.14. The molecule has 0 unspecified atom stereocenters. The van der Waals surface area contributed by atoms with Gasteiger partial charge in [-0.1, -0.05) is 36.9 Å². The highest BCUT2D eigenvalue weighted by Crippen LogP contribution is 2.71. The number of carbonyl (C=O) groups excluding carboxylic acids is 2. The summed E-state index contributed by atoms with van der Waals surface area (Å²) < 4.78 is 5.78. The first-order valence-corrected chi connectivity index (χ1v) is 11.0. The number of carbonyl (C=O) groups is 2. The summed E-state index contributed by atoms with van der Waals surface area (Å²) in [5, 5.41) is 5.08. The number of anilines is 1. The van der Waals surface area contributed by atoms with Crippen LogP contribution in [0.25, 0.3) is 10.8 Å². The highest BCUT2D eigenvalue weighted by molar-refractivity contribution is 6.09. The molecule has 0 spiro atoms. The predicted molar refractivity (Wildman–Crippen MR) is 117 cm³/mol. The summed E-state index contributed by atoms with van der Waals surface area (Å²) in [5.74, 6) is 0.982. The molecule has 0 aromatic heterocycles. The molecule has 1 aliphatic heterocycles. The maximum atomic E-state index is 13.5. The smallest absolute Gasteiger partial charge is 0.231 e. The van der Waals surface area contributed by atoms with Crippen molar-refractivity contribution in [2.24, 2.45) is 10.8 Å². The summed E-state index contributed by atoms with van der Waals surface area (Å²) in [5.41, 5.74) is -0.229. The molecule has 2 aromatic carbocycles. The zero-order chi connectivity index (χ0) is 20.8. The van der Waals surface area contributed by atoms with Crippen LogP contribution in [0.3, 0.4) is 0 Å². The second-order valence-corrected chi connectivity index (χ2v) is 8.87. The Balaban J connectivity index is 1.41. The number of fused-ring (bicyclic) bond motifs is 1. The van der Waals surface area contributed by atoms with Crippen molar-refractivity contribution in [3.05, 3.63) is 49.1 Å². The number of hydrogen-bond donors (Lipinski definition) is 1. The van der Waals surface area contributed by atoms with E-state index in [9.17, 15) is 9.59 Å². The van der Waals surface area contributed by atoms with Gasteiger partial charge in [0.15, 0.2) is 0 Å². The van der Waals surface area contributed by atoms with Crippen molar-refractivity contribution in [3.63, 3.8) is 0 Å². The Morgan fingerprint density at radius 1 is 1.00 bits per heavy atom. The van der Waals surface area contributed by atoms with Gasteiger partial charge in [0, 0.05) is 29.5 Å². The number of likely N-dealkylation sites (tertiary alicyclic amines) is 1. The van der Waals surface area contributed by atoms with Crippen molar-refractivity contribution >= 4 is 28.3 Å². The molecule has 3 fully saturated rings. The predicted octanol–water partition coefficient (Wildman–Crippen LogP) is 4.53. The number of hydrogen-bond acceptors (Lipinski definition) is 3. The van der Waals surface area contributed by atoms with Gasteiger partial charge in [0.1, 0.15) is 12.4 Å². The first-order valence-electron chi connectivity index (χ1n) is 11.0. The monoisotopic (exact) mass is 404 g/mol. The molecule has 2 saturated carbocycles. The van der Waals surface area contributed by atoms with E-state index in [1.807, 2.05) is 41.3 Å². The largest absolute Gasteiger partial charge is 0.489 e. The van der Waals surface area contributed by atoms with Gasteiger partial charge in [0.2, 0.25) is 11.8 Å². The van der Waals surface area contributed by atoms with E-state index in [-0.39, 0.29) is 11.8 Å². The van der Waals surface area contributed by atoms with Gasteiger partial charge >= 0.3 is 0 Å². The number of amides is 2. The van der Waals surface area contributed by atoms with E-state index in [2.05, 4.69) is 11.9 Å². The summed E-state index contributed by atoms with van der Waals surface area (Å²) in [7, 11) is 0. The Labute approximate surface area is 177 Å². The zero-order valence-corrected chi connectivity index (χ0v) is 17.3. The third kappa shape index (κ3) is 2.91. The highest BCUT2D eigenvalue weighted by Gasteiger charge is 2.73. The van der Waals surface area contributed by atoms with Gasteiger partial charge in [-0.3, -0.25) is 9.59 Å². The molecule has 2 amide bonds. The zero-order valence-electron chi connectivity index (χ0n) is 17.3. The first kappa shape index (κ1) is 19.2. The van der Waals surface area contributed by atoms with Crippen LogP contribution in [0.15, 0.2) is 49.1 Å². The van der Waals surface area contributed by atoms with Crippen molar-refractivity contribution in [2.75, 3.05) is 25.0 Å². The molecule has 0 radical (unpaired) electrons. The highest BCUT2D eigenvalue weighted by atomic mass is 16.5. The molecule has 2 aliphatic carbocycles. The standard InChI is InChI=1S/C25H28N2O3/c1-2-17-30-21-10-9-20(18-7-3-4-8-19(18)21)26-22(28)24(11-12-24)25(13-14-25)23(29)27-15-5-6-16-27/h2-4,7-10H,1,5-6,11-17H2,(H,26,28). The van der Waals surface area contributed by atoms with Crippen LogP contribution in [-0.4, -0.2) is 36.4 Å². The Bertz CT molecular complexity index is 1010. The number of nitrogens with zero attached hydrogens (tertiary/aromatic N) is 1. The third-order valence-corrected chi connectivity index (χ3v) is 7.14. The molecule has 1 heterocycles. The Hall–Kier alpha value is -2.82. The minimum atomic E-state index is -0.536. The molecule has 5 rings (SSSR count). The van der Waals surface area contributed by atoms with Gasteiger partial charge < -0.3 is 15.0 Å². The van der Waals surface area contributed by atoms with E-state index in [0.29, 0.717) is 6.61 Å². The Morgan fingerprint density at radius 2 is 1.67 bits per heavy atom. The fourth-order valence-corrected chi connectivity index (χ4v) is 5.19. The van der Waals surface area contributed by atoms with Gasteiger partial charge in [0.05, 0.1) is 10.8 Å². The Kier molecular flexibility index (Phi) is 4.57. The quantitative estimate of drug-likeness (QED) is 0.690. The normalized spacial score (nSPS) is 20.6. The average molecular weight is 405 g/mol. The lowest BCUT2D eigenvalue weighted by Gasteiger charge is -2.29. The SMILES string of the molecule is C=CCOc1ccc(NC(=O)C2(C3(C(=O)N4CCCC4)CC3)CC2)c2ccccc12. The van der Waals surface area contributed by atoms with Gasteiger partial charge in [-0.05, 0) is 50.7 Å². The van der Waals surface area contributed by atoms with Crippen LogP contribution in [0.4, 0.5) is 5.69 Å². The Morgan fingerprint density at radius 3 is 2.30 bits per heavy atom. The second kappa shape index (κ2) is 7.15. The molecule has 1 N–H and O–H groups in total. The van der Waals surface area contributed by atoms with Crippen LogP contribution in [0.1, 0.15) is 38.5 Å². The van der Waals surface area contributed by atoms with Crippen molar-refractivity contribution in [2.45, 2.75) is 38.5 Å². The molecule has 0 bridgehead atoms. The molecular formula is C25H28N2O3. The first-order chi connectivity index (χ1) is 14.6. The second-order valence-electron chi connectivity index (χ2n) is 8.87. The number of benzene rings is 2. The van der Waals surface area contributed by atoms with Crippen LogP contribution < -0.4 is 10.1 Å². The summed E-state index contributed by atoms with van der Waals surface area (Å²) in [6.07, 6.45) is 7.15. The molecule has 30 heavy (non-hydrogen) atoms. The van der Waals surface area contributed by atoms with Gasteiger partial charge in [-0.15, -0.1) is 0 Å². The molecule has 156 valence electrons. The molecule has 2 aromatic rings. The van der Waals surface area contributed by atoms with Gasteiger partial charge in [-0.25, -0.2) is 0 Å². The number of ether oxygens (including phenoxy) is 1. The lowest BCUT2D eigenvalue weighted by atomic mass is 9.83. The topological polar surface area (TPSA) is 58.6 Å². The van der Waals surface area contributed by atoms with Crippen molar-refractivity contribution in [3.8, 4) is 5.75 Å². The summed E-state index contributed by atoms with van der Waals surface area (Å²) >= 11 is 0. The lowest BCUT2D eigenvalue weighted by Crippen LogP contribution is -2.44. The van der Waals surface area contributed by atoms with E-state index >= 15 is 0 Å². The van der Waals surface area contributed by atoms with Crippen molar-refractivity contribution in [1.29, 1.82) is 0 Å². The van der Waals surface area contributed by atoms with Crippen molar-refractivity contribution < 1.29 is 14.3 Å². The van der Waals surface area contributed by atoms with Crippen molar-refractivity contribution in [1.82, 2.24) is 4.90 Å². The van der Waals surface area contributed by atoms with Crippen LogP contribution in [-0.2, 0) is 9.59 Å². The van der Waals surface area contributed by atoms with E-state index in [1.165, 1.54) is 0 Å². The molecule has 5 heteroatoms. The van der Waals surface area contributed by atoms with Gasteiger partial charge in [0.25, 0.3) is 0 Å².